The molecule has 3 nitrogen and oxygen atoms in total. The van der Waals surface area contributed by atoms with Gasteiger partial charge in [-0.15, -0.1) is 0 Å². The minimum atomic E-state index is 0.0651. The van der Waals surface area contributed by atoms with Gasteiger partial charge in [-0.3, -0.25) is 4.79 Å². The zero-order valence-electron chi connectivity index (χ0n) is 8.84. The Morgan fingerprint density at radius 3 is 2.46 bits per heavy atom. The first kappa shape index (κ1) is 12.4. The first-order valence-electron chi connectivity index (χ1n) is 4.96. The van der Waals surface area contributed by atoms with E-state index in [-0.39, 0.29) is 18.4 Å². The Labute approximate surface area is 80.5 Å². The van der Waals surface area contributed by atoms with Crippen LogP contribution in [0, 0.1) is 11.8 Å². The van der Waals surface area contributed by atoms with Gasteiger partial charge in [-0.05, 0) is 18.8 Å². The van der Waals surface area contributed by atoms with Crippen LogP contribution in [-0.4, -0.2) is 24.2 Å². The molecule has 13 heavy (non-hydrogen) atoms. The molecule has 0 rings (SSSR count). The van der Waals surface area contributed by atoms with E-state index in [0.29, 0.717) is 5.92 Å². The molecule has 0 spiro atoms. The lowest BCUT2D eigenvalue weighted by molar-refractivity contribution is -0.123. The number of carbonyl (C=O) groups excluding carboxylic acids is 1. The minimum absolute atomic E-state index is 0.0651. The maximum Gasteiger partial charge on any atom is 0.222 e. The minimum Gasteiger partial charge on any atom is -0.396 e. The van der Waals surface area contributed by atoms with Crippen LogP contribution in [0.3, 0.4) is 0 Å². The molecule has 0 aromatic rings. The van der Waals surface area contributed by atoms with Gasteiger partial charge in [0, 0.05) is 19.1 Å². The molecule has 0 aliphatic rings. The average molecular weight is 187 g/mol. The fraction of sp³-hybridized carbons (Fsp3) is 0.900. The third-order valence-corrected chi connectivity index (χ3v) is 2.01. The van der Waals surface area contributed by atoms with Crippen LogP contribution in [0.15, 0.2) is 0 Å². The van der Waals surface area contributed by atoms with E-state index in [4.69, 9.17) is 5.11 Å². The molecular formula is C10H21NO2. The van der Waals surface area contributed by atoms with Crippen LogP contribution in [0.1, 0.15) is 33.6 Å². The van der Waals surface area contributed by atoms with E-state index in [0.717, 1.165) is 19.4 Å². The summed E-state index contributed by atoms with van der Waals surface area (Å²) in [5.41, 5.74) is 0. The number of nitrogens with one attached hydrogen (secondary N) is 1. The van der Waals surface area contributed by atoms with Crippen molar-refractivity contribution in [3.63, 3.8) is 0 Å². The second-order valence-electron chi connectivity index (χ2n) is 3.88. The molecule has 0 bridgehead atoms. The highest BCUT2D eigenvalue weighted by molar-refractivity contribution is 5.77. The van der Waals surface area contributed by atoms with Gasteiger partial charge < -0.3 is 10.4 Å². The standard InChI is InChI=1S/C10H21NO2/c1-8(2)10(13)11-6-4-5-9(3)7-12/h8-9,12H,4-7H2,1-3H3,(H,11,13). The van der Waals surface area contributed by atoms with Crippen molar-refractivity contribution in [1.29, 1.82) is 0 Å². The number of amides is 1. The van der Waals surface area contributed by atoms with Crippen LogP contribution >= 0.6 is 0 Å². The van der Waals surface area contributed by atoms with Crippen molar-refractivity contribution < 1.29 is 9.90 Å². The van der Waals surface area contributed by atoms with Crippen LogP contribution in [0.2, 0.25) is 0 Å². The predicted molar refractivity (Wildman–Crippen MR) is 53.3 cm³/mol. The fourth-order valence-electron chi connectivity index (χ4n) is 0.958. The molecule has 0 heterocycles. The molecular weight excluding hydrogens is 166 g/mol. The van der Waals surface area contributed by atoms with Gasteiger partial charge in [0.15, 0.2) is 0 Å². The van der Waals surface area contributed by atoms with Crippen molar-refractivity contribution in [2.45, 2.75) is 33.6 Å². The second kappa shape index (κ2) is 6.89. The van der Waals surface area contributed by atoms with E-state index in [2.05, 4.69) is 5.32 Å². The zero-order chi connectivity index (χ0) is 10.3. The summed E-state index contributed by atoms with van der Waals surface area (Å²) < 4.78 is 0. The van der Waals surface area contributed by atoms with Gasteiger partial charge in [0.1, 0.15) is 0 Å². The van der Waals surface area contributed by atoms with E-state index in [9.17, 15) is 4.79 Å². The van der Waals surface area contributed by atoms with E-state index < -0.39 is 0 Å². The lowest BCUT2D eigenvalue weighted by Gasteiger charge is -2.09. The van der Waals surface area contributed by atoms with Crippen LogP contribution in [0.5, 0.6) is 0 Å². The highest BCUT2D eigenvalue weighted by Crippen LogP contribution is 2.02. The van der Waals surface area contributed by atoms with Crippen LogP contribution in [0.4, 0.5) is 0 Å². The highest BCUT2D eigenvalue weighted by atomic mass is 16.3. The highest BCUT2D eigenvalue weighted by Gasteiger charge is 2.05. The molecule has 0 saturated carbocycles. The van der Waals surface area contributed by atoms with Crippen LogP contribution < -0.4 is 5.32 Å². The summed E-state index contributed by atoms with van der Waals surface area (Å²) in [6.45, 7) is 6.72. The van der Waals surface area contributed by atoms with E-state index in [1.54, 1.807) is 0 Å². The summed E-state index contributed by atoms with van der Waals surface area (Å²) >= 11 is 0. The molecule has 78 valence electrons. The maximum absolute atomic E-state index is 11.1. The molecule has 2 N–H and O–H groups in total. The number of rotatable bonds is 6. The third kappa shape index (κ3) is 6.58. The largest absolute Gasteiger partial charge is 0.396 e. The number of carbonyl (C=O) groups is 1. The molecule has 0 aliphatic heterocycles. The molecule has 0 aromatic carbocycles. The normalized spacial score (nSPS) is 13.0. The third-order valence-electron chi connectivity index (χ3n) is 2.01. The predicted octanol–water partition coefficient (Wildman–Crippen LogP) is 1.17. The number of aliphatic hydroxyl groups is 1. The molecule has 0 aromatic heterocycles. The quantitative estimate of drug-likeness (QED) is 0.613. The number of hydrogen-bond acceptors (Lipinski definition) is 2. The molecule has 1 amide bonds. The van der Waals surface area contributed by atoms with Crippen molar-refractivity contribution >= 4 is 5.91 Å². The summed E-state index contributed by atoms with van der Waals surface area (Å²) in [5, 5.41) is 11.6. The van der Waals surface area contributed by atoms with E-state index in [1.165, 1.54) is 0 Å². The molecule has 1 atom stereocenters. The van der Waals surface area contributed by atoms with Crippen molar-refractivity contribution in [1.82, 2.24) is 5.32 Å². The van der Waals surface area contributed by atoms with Crippen molar-refractivity contribution in [3.05, 3.63) is 0 Å². The molecule has 0 saturated heterocycles. The van der Waals surface area contributed by atoms with Gasteiger partial charge in [0.2, 0.25) is 5.91 Å². The van der Waals surface area contributed by atoms with Crippen LogP contribution in [-0.2, 0) is 4.79 Å². The van der Waals surface area contributed by atoms with Gasteiger partial charge in [0.05, 0.1) is 0 Å². The molecule has 0 aliphatic carbocycles. The van der Waals surface area contributed by atoms with Crippen molar-refractivity contribution in [2.75, 3.05) is 13.2 Å². The van der Waals surface area contributed by atoms with Gasteiger partial charge in [-0.25, -0.2) is 0 Å². The molecule has 1 unspecified atom stereocenters. The summed E-state index contributed by atoms with van der Waals surface area (Å²) in [6, 6.07) is 0. The Balaban J connectivity index is 3.31. The zero-order valence-corrected chi connectivity index (χ0v) is 8.84. The first-order valence-corrected chi connectivity index (χ1v) is 4.96. The van der Waals surface area contributed by atoms with Gasteiger partial charge >= 0.3 is 0 Å². The molecule has 0 fully saturated rings. The Bertz CT molecular complexity index is 146. The molecule has 0 radical (unpaired) electrons. The summed E-state index contributed by atoms with van der Waals surface area (Å²) in [4.78, 5) is 11.1. The Hall–Kier alpha value is -0.570. The summed E-state index contributed by atoms with van der Waals surface area (Å²) in [7, 11) is 0. The maximum atomic E-state index is 11.1. The first-order chi connectivity index (χ1) is 6.07. The second-order valence-corrected chi connectivity index (χ2v) is 3.88. The lowest BCUT2D eigenvalue weighted by atomic mass is 10.1. The van der Waals surface area contributed by atoms with Gasteiger partial charge in [-0.1, -0.05) is 20.8 Å². The Kier molecular flexibility index (Phi) is 6.59. The smallest absolute Gasteiger partial charge is 0.222 e. The van der Waals surface area contributed by atoms with Gasteiger partial charge in [-0.2, -0.15) is 0 Å². The summed E-state index contributed by atoms with van der Waals surface area (Å²) in [5.74, 6) is 0.517. The number of hydrogen-bond donors (Lipinski definition) is 2. The summed E-state index contributed by atoms with van der Waals surface area (Å²) in [6.07, 6.45) is 1.91. The topological polar surface area (TPSA) is 49.3 Å². The average Bonchev–Trinajstić information content (AvgIpc) is 2.11. The monoisotopic (exact) mass is 187 g/mol. The van der Waals surface area contributed by atoms with Gasteiger partial charge in [0.25, 0.3) is 0 Å². The van der Waals surface area contributed by atoms with Crippen LogP contribution in [0.25, 0.3) is 0 Å². The number of aliphatic hydroxyl groups excluding tert-OH is 1. The lowest BCUT2D eigenvalue weighted by Crippen LogP contribution is -2.28. The van der Waals surface area contributed by atoms with E-state index >= 15 is 0 Å². The van der Waals surface area contributed by atoms with Crippen molar-refractivity contribution in [2.24, 2.45) is 11.8 Å². The Morgan fingerprint density at radius 1 is 1.38 bits per heavy atom. The molecule has 3 heteroatoms. The fourth-order valence-corrected chi connectivity index (χ4v) is 0.958. The van der Waals surface area contributed by atoms with E-state index in [1.807, 2.05) is 20.8 Å². The van der Waals surface area contributed by atoms with Crippen molar-refractivity contribution in [3.8, 4) is 0 Å². The Morgan fingerprint density at radius 2 is 2.00 bits per heavy atom. The SMILES string of the molecule is CC(CO)CCCNC(=O)C(C)C.